The van der Waals surface area contributed by atoms with Gasteiger partial charge in [-0.25, -0.2) is 5.43 Å². The van der Waals surface area contributed by atoms with E-state index in [4.69, 9.17) is 10.6 Å². The van der Waals surface area contributed by atoms with Gasteiger partial charge in [0.05, 0.1) is 18.8 Å². The van der Waals surface area contributed by atoms with Gasteiger partial charge in [-0.3, -0.25) is 10.7 Å². The number of nitrogens with zero attached hydrogens (tertiary/aromatic N) is 1. The predicted octanol–water partition coefficient (Wildman–Crippen LogP) is 1.42. The van der Waals surface area contributed by atoms with E-state index in [1.807, 2.05) is 0 Å². The molecule has 2 aliphatic rings. The van der Waals surface area contributed by atoms with Crippen molar-refractivity contribution in [1.82, 2.24) is 10.3 Å². The summed E-state index contributed by atoms with van der Waals surface area (Å²) in [6.07, 6.45) is 2.76. The Labute approximate surface area is 112 Å². The lowest BCUT2D eigenvalue weighted by Crippen LogP contribution is -2.51. The number of aryl methyl sites for hydroxylation is 1. The molecule has 0 bridgehead atoms. The van der Waals surface area contributed by atoms with Gasteiger partial charge in [0.15, 0.2) is 0 Å². The molecule has 2 saturated heterocycles. The van der Waals surface area contributed by atoms with Gasteiger partial charge in [-0.15, -0.1) is 11.3 Å². The molecule has 0 saturated carbocycles. The maximum Gasteiger partial charge on any atom is 0.0918 e. The highest BCUT2D eigenvalue weighted by atomic mass is 32.1. The summed E-state index contributed by atoms with van der Waals surface area (Å²) >= 11 is 1.80. The first-order valence-corrected chi connectivity index (χ1v) is 7.47. The van der Waals surface area contributed by atoms with Crippen LogP contribution in [0, 0.1) is 6.92 Å². The van der Waals surface area contributed by atoms with Crippen LogP contribution in [0.4, 0.5) is 0 Å². The number of thiophene rings is 1. The summed E-state index contributed by atoms with van der Waals surface area (Å²) in [5.74, 6) is 5.74. The molecular formula is C13H21N3OS. The molecule has 3 atom stereocenters. The third-order valence-corrected chi connectivity index (χ3v) is 5.12. The number of hydrogen-bond acceptors (Lipinski definition) is 5. The van der Waals surface area contributed by atoms with Crippen LogP contribution in [0.15, 0.2) is 12.1 Å². The fourth-order valence-corrected chi connectivity index (χ4v) is 4.03. The third-order valence-electron chi connectivity index (χ3n) is 4.04. The van der Waals surface area contributed by atoms with Gasteiger partial charge in [-0.2, -0.15) is 0 Å². The van der Waals surface area contributed by atoms with Gasteiger partial charge in [0, 0.05) is 22.3 Å². The lowest BCUT2D eigenvalue weighted by molar-refractivity contribution is -0.0648. The first-order valence-electron chi connectivity index (χ1n) is 6.66. The Bertz CT molecular complexity index is 409. The summed E-state index contributed by atoms with van der Waals surface area (Å²) in [7, 11) is 0. The average Bonchev–Trinajstić information content (AvgIpc) is 2.99. The normalized spacial score (nSPS) is 30.3. The second-order valence-electron chi connectivity index (χ2n) is 5.26. The molecule has 0 aliphatic carbocycles. The lowest BCUT2D eigenvalue weighted by atomic mass is 10.1. The Kier molecular flexibility index (Phi) is 3.68. The molecule has 3 N–H and O–H groups in total. The number of nitrogens with one attached hydrogen (secondary N) is 1. The summed E-state index contributed by atoms with van der Waals surface area (Å²) in [5, 5.41) is 0. The van der Waals surface area contributed by atoms with Crippen molar-refractivity contribution in [2.75, 3.05) is 19.7 Å². The summed E-state index contributed by atoms with van der Waals surface area (Å²) in [5.41, 5.74) is 2.94. The number of nitrogens with two attached hydrogens (primary N) is 1. The van der Waals surface area contributed by atoms with E-state index in [-0.39, 0.29) is 12.1 Å². The van der Waals surface area contributed by atoms with Crippen LogP contribution in [0.2, 0.25) is 0 Å². The second-order valence-corrected chi connectivity index (χ2v) is 6.58. The largest absolute Gasteiger partial charge is 0.373 e. The molecule has 2 aliphatic heterocycles. The maximum absolute atomic E-state index is 6.03. The van der Waals surface area contributed by atoms with E-state index in [0.717, 1.165) is 13.2 Å². The zero-order chi connectivity index (χ0) is 12.5. The number of hydrogen-bond donors (Lipinski definition) is 2. The van der Waals surface area contributed by atoms with Crippen molar-refractivity contribution in [3.8, 4) is 0 Å². The summed E-state index contributed by atoms with van der Waals surface area (Å²) in [6.45, 7) is 5.19. The second kappa shape index (κ2) is 5.27. The molecule has 3 unspecified atom stereocenters. The monoisotopic (exact) mass is 267 g/mol. The standard InChI is InChI=1S/C13H21N3OS/c1-9-4-5-12(18-9)13(15-14)11-7-16-6-2-3-10(16)8-17-11/h4-5,10-11,13,15H,2-3,6-8,14H2,1H3. The van der Waals surface area contributed by atoms with Gasteiger partial charge in [0.25, 0.3) is 0 Å². The van der Waals surface area contributed by atoms with E-state index < -0.39 is 0 Å². The van der Waals surface area contributed by atoms with Crippen molar-refractivity contribution >= 4 is 11.3 Å². The van der Waals surface area contributed by atoms with Crippen LogP contribution in [-0.4, -0.2) is 36.7 Å². The number of rotatable bonds is 3. The van der Waals surface area contributed by atoms with Gasteiger partial charge < -0.3 is 4.74 Å². The van der Waals surface area contributed by atoms with Crippen LogP contribution in [0.1, 0.15) is 28.6 Å². The van der Waals surface area contributed by atoms with Crippen LogP contribution >= 0.6 is 11.3 Å². The first-order chi connectivity index (χ1) is 8.78. The molecule has 4 nitrogen and oxygen atoms in total. The molecule has 1 aromatic rings. The van der Waals surface area contributed by atoms with Crippen molar-refractivity contribution in [2.24, 2.45) is 5.84 Å². The zero-order valence-corrected chi connectivity index (χ0v) is 11.6. The highest BCUT2D eigenvalue weighted by Gasteiger charge is 2.36. The number of ether oxygens (including phenoxy) is 1. The molecule has 100 valence electrons. The highest BCUT2D eigenvalue weighted by Crippen LogP contribution is 2.31. The van der Waals surface area contributed by atoms with E-state index in [2.05, 4.69) is 29.4 Å². The van der Waals surface area contributed by atoms with Crippen LogP contribution in [-0.2, 0) is 4.74 Å². The van der Waals surface area contributed by atoms with E-state index in [0.29, 0.717) is 6.04 Å². The average molecular weight is 267 g/mol. The van der Waals surface area contributed by atoms with Crippen molar-refractivity contribution in [3.63, 3.8) is 0 Å². The smallest absolute Gasteiger partial charge is 0.0918 e. The molecule has 0 aromatic carbocycles. The highest BCUT2D eigenvalue weighted by molar-refractivity contribution is 7.12. The molecule has 0 amide bonds. The molecule has 0 radical (unpaired) electrons. The van der Waals surface area contributed by atoms with Crippen molar-refractivity contribution < 1.29 is 4.74 Å². The van der Waals surface area contributed by atoms with Crippen molar-refractivity contribution in [2.45, 2.75) is 38.0 Å². The molecular weight excluding hydrogens is 246 g/mol. The molecule has 2 fully saturated rings. The van der Waals surface area contributed by atoms with Crippen LogP contribution in [0.25, 0.3) is 0 Å². The molecule has 0 spiro atoms. The minimum Gasteiger partial charge on any atom is -0.373 e. The summed E-state index contributed by atoms with van der Waals surface area (Å²) in [6, 6.07) is 5.06. The number of fused-ring (bicyclic) bond motifs is 1. The Balaban J connectivity index is 1.72. The topological polar surface area (TPSA) is 50.5 Å². The zero-order valence-electron chi connectivity index (χ0n) is 10.8. The first kappa shape index (κ1) is 12.6. The van der Waals surface area contributed by atoms with Crippen LogP contribution in [0.3, 0.4) is 0 Å². The van der Waals surface area contributed by atoms with Crippen molar-refractivity contribution in [3.05, 3.63) is 21.9 Å². The van der Waals surface area contributed by atoms with Gasteiger partial charge >= 0.3 is 0 Å². The van der Waals surface area contributed by atoms with Gasteiger partial charge in [0.2, 0.25) is 0 Å². The Morgan fingerprint density at radius 3 is 3.17 bits per heavy atom. The summed E-state index contributed by atoms with van der Waals surface area (Å²) < 4.78 is 6.03. The maximum atomic E-state index is 6.03. The molecule has 1 aromatic heterocycles. The minimum absolute atomic E-state index is 0.116. The van der Waals surface area contributed by atoms with E-state index >= 15 is 0 Å². The predicted molar refractivity (Wildman–Crippen MR) is 73.5 cm³/mol. The molecule has 3 rings (SSSR count). The van der Waals surface area contributed by atoms with Gasteiger partial charge in [-0.1, -0.05) is 0 Å². The Morgan fingerprint density at radius 1 is 1.56 bits per heavy atom. The van der Waals surface area contributed by atoms with Gasteiger partial charge in [-0.05, 0) is 38.4 Å². The van der Waals surface area contributed by atoms with E-state index in [1.54, 1.807) is 11.3 Å². The Hall–Kier alpha value is -0.460. The van der Waals surface area contributed by atoms with Gasteiger partial charge in [0.1, 0.15) is 0 Å². The lowest BCUT2D eigenvalue weighted by Gasteiger charge is -2.38. The van der Waals surface area contributed by atoms with Crippen LogP contribution < -0.4 is 11.3 Å². The number of morpholine rings is 1. The van der Waals surface area contributed by atoms with Crippen molar-refractivity contribution in [1.29, 1.82) is 0 Å². The Morgan fingerprint density at radius 2 is 2.44 bits per heavy atom. The SMILES string of the molecule is Cc1ccc(C(NN)C2CN3CCCC3CO2)s1. The van der Waals surface area contributed by atoms with Crippen LogP contribution in [0.5, 0.6) is 0 Å². The third kappa shape index (κ3) is 2.33. The summed E-state index contributed by atoms with van der Waals surface area (Å²) in [4.78, 5) is 5.15. The molecule has 3 heterocycles. The molecule has 5 heteroatoms. The minimum atomic E-state index is 0.116. The van der Waals surface area contributed by atoms with E-state index in [1.165, 1.54) is 29.1 Å². The quantitative estimate of drug-likeness (QED) is 0.642. The fraction of sp³-hybridized carbons (Fsp3) is 0.692. The van der Waals surface area contributed by atoms with E-state index in [9.17, 15) is 0 Å². The fourth-order valence-electron chi connectivity index (χ4n) is 3.04. The number of hydrazine groups is 1. The molecule has 18 heavy (non-hydrogen) atoms.